The SMILES string of the molecule is Clc1ccc(C2CC(c3ccc(Cl)cc3)C3OC23)cc1. The van der Waals surface area contributed by atoms with Crippen molar-refractivity contribution in [3.05, 3.63) is 69.7 Å². The number of rotatable bonds is 2. The molecule has 1 saturated heterocycles. The Morgan fingerprint density at radius 2 is 1.10 bits per heavy atom. The van der Waals surface area contributed by atoms with E-state index in [1.807, 2.05) is 24.3 Å². The van der Waals surface area contributed by atoms with Gasteiger partial charge in [-0.2, -0.15) is 0 Å². The first-order valence-corrected chi connectivity index (χ1v) is 7.64. The van der Waals surface area contributed by atoms with Crippen LogP contribution in [0.2, 0.25) is 10.0 Å². The lowest BCUT2D eigenvalue weighted by molar-refractivity contribution is 0.281. The molecule has 0 bridgehead atoms. The molecule has 0 amide bonds. The molecule has 2 aromatic carbocycles. The smallest absolute Gasteiger partial charge is 0.0916 e. The zero-order chi connectivity index (χ0) is 13.7. The van der Waals surface area contributed by atoms with Gasteiger partial charge in [0.1, 0.15) is 0 Å². The molecule has 0 N–H and O–H groups in total. The Labute approximate surface area is 128 Å². The number of hydrogen-bond acceptors (Lipinski definition) is 1. The van der Waals surface area contributed by atoms with Crippen molar-refractivity contribution in [1.29, 1.82) is 0 Å². The fraction of sp³-hybridized carbons (Fsp3) is 0.294. The van der Waals surface area contributed by atoms with Gasteiger partial charge in [-0.15, -0.1) is 0 Å². The van der Waals surface area contributed by atoms with Gasteiger partial charge >= 0.3 is 0 Å². The predicted molar refractivity (Wildman–Crippen MR) is 81.7 cm³/mol. The van der Waals surface area contributed by atoms with Gasteiger partial charge in [-0.1, -0.05) is 47.5 Å². The van der Waals surface area contributed by atoms with E-state index >= 15 is 0 Å². The summed E-state index contributed by atoms with van der Waals surface area (Å²) in [5, 5.41) is 1.57. The molecule has 0 radical (unpaired) electrons. The van der Waals surface area contributed by atoms with Crippen LogP contribution in [0.1, 0.15) is 29.4 Å². The fourth-order valence-electron chi connectivity index (χ4n) is 3.40. The molecule has 1 aliphatic heterocycles. The summed E-state index contributed by atoms with van der Waals surface area (Å²) in [4.78, 5) is 0. The number of epoxide rings is 1. The highest BCUT2D eigenvalue weighted by Crippen LogP contribution is 2.55. The third kappa shape index (κ3) is 2.14. The van der Waals surface area contributed by atoms with Crippen molar-refractivity contribution in [2.24, 2.45) is 0 Å². The van der Waals surface area contributed by atoms with E-state index in [-0.39, 0.29) is 0 Å². The normalized spacial score (nSPS) is 31.1. The number of hydrogen-bond donors (Lipinski definition) is 0. The minimum atomic E-state index is 0.372. The first-order chi connectivity index (χ1) is 9.72. The molecule has 1 aliphatic carbocycles. The maximum atomic E-state index is 5.96. The fourth-order valence-corrected chi connectivity index (χ4v) is 3.65. The maximum Gasteiger partial charge on any atom is 0.0916 e. The molecule has 4 rings (SSSR count). The number of ether oxygens (including phenoxy) is 1. The molecule has 3 heteroatoms. The number of halogens is 2. The van der Waals surface area contributed by atoms with Crippen LogP contribution < -0.4 is 0 Å². The van der Waals surface area contributed by atoms with Crippen LogP contribution in [0.15, 0.2) is 48.5 Å². The van der Waals surface area contributed by atoms with Gasteiger partial charge in [-0.25, -0.2) is 0 Å². The van der Waals surface area contributed by atoms with E-state index in [0.717, 1.165) is 16.5 Å². The minimum Gasteiger partial charge on any atom is -0.368 e. The molecule has 4 unspecified atom stereocenters. The van der Waals surface area contributed by atoms with Gasteiger partial charge in [0.25, 0.3) is 0 Å². The van der Waals surface area contributed by atoms with E-state index in [9.17, 15) is 0 Å². The van der Waals surface area contributed by atoms with Crippen LogP contribution in [0.25, 0.3) is 0 Å². The monoisotopic (exact) mass is 304 g/mol. The summed E-state index contributed by atoms with van der Waals surface area (Å²) >= 11 is 11.9. The Balaban J connectivity index is 1.59. The van der Waals surface area contributed by atoms with E-state index in [4.69, 9.17) is 27.9 Å². The summed E-state index contributed by atoms with van der Waals surface area (Å²) < 4.78 is 5.88. The molecule has 2 fully saturated rings. The van der Waals surface area contributed by atoms with E-state index in [1.165, 1.54) is 11.1 Å². The topological polar surface area (TPSA) is 12.5 Å². The molecule has 20 heavy (non-hydrogen) atoms. The number of fused-ring (bicyclic) bond motifs is 1. The van der Waals surface area contributed by atoms with Crippen molar-refractivity contribution in [2.75, 3.05) is 0 Å². The van der Waals surface area contributed by atoms with Gasteiger partial charge in [0.2, 0.25) is 0 Å². The Hall–Kier alpha value is -1.02. The molecule has 4 atom stereocenters. The standard InChI is InChI=1S/C17H14Cl2O/c18-12-5-1-10(2-6-12)14-9-15(17-16(14)20-17)11-3-7-13(19)8-4-11/h1-8,14-17H,9H2. The molecule has 0 spiro atoms. The van der Waals surface area contributed by atoms with E-state index in [1.54, 1.807) is 0 Å². The van der Waals surface area contributed by atoms with Gasteiger partial charge < -0.3 is 4.74 Å². The molecule has 2 aliphatic rings. The molecule has 0 aromatic heterocycles. The third-order valence-electron chi connectivity index (χ3n) is 4.46. The average Bonchev–Trinajstić information content (AvgIpc) is 3.16. The van der Waals surface area contributed by atoms with Gasteiger partial charge in [-0.05, 0) is 41.8 Å². The van der Waals surface area contributed by atoms with Crippen LogP contribution in [-0.2, 0) is 4.74 Å². The van der Waals surface area contributed by atoms with Crippen LogP contribution in [0, 0.1) is 0 Å². The Bertz CT molecular complexity index is 565. The molecule has 1 saturated carbocycles. The average molecular weight is 305 g/mol. The zero-order valence-corrected chi connectivity index (χ0v) is 12.3. The van der Waals surface area contributed by atoms with E-state index in [0.29, 0.717) is 24.0 Å². The lowest BCUT2D eigenvalue weighted by Gasteiger charge is -2.16. The highest BCUT2D eigenvalue weighted by molar-refractivity contribution is 6.30. The second kappa shape index (κ2) is 4.77. The molecule has 1 nitrogen and oxygen atoms in total. The largest absolute Gasteiger partial charge is 0.368 e. The maximum absolute atomic E-state index is 5.96. The minimum absolute atomic E-state index is 0.372. The summed E-state index contributed by atoms with van der Waals surface area (Å²) in [6, 6.07) is 16.3. The van der Waals surface area contributed by atoms with Crippen LogP contribution in [0.5, 0.6) is 0 Å². The first kappa shape index (κ1) is 12.7. The predicted octanol–water partition coefficient (Wildman–Crippen LogP) is 5.03. The summed E-state index contributed by atoms with van der Waals surface area (Å²) in [5.41, 5.74) is 2.66. The summed E-state index contributed by atoms with van der Waals surface area (Å²) in [7, 11) is 0. The molecule has 1 heterocycles. The van der Waals surface area contributed by atoms with Crippen LogP contribution >= 0.6 is 23.2 Å². The van der Waals surface area contributed by atoms with Gasteiger partial charge in [0, 0.05) is 21.9 Å². The zero-order valence-electron chi connectivity index (χ0n) is 10.8. The van der Waals surface area contributed by atoms with Crippen molar-refractivity contribution in [2.45, 2.75) is 30.5 Å². The first-order valence-electron chi connectivity index (χ1n) is 6.89. The molecular formula is C17H14Cl2O. The molecule has 2 aromatic rings. The molecular weight excluding hydrogens is 291 g/mol. The second-order valence-corrected chi connectivity index (χ2v) is 6.49. The summed E-state index contributed by atoms with van der Waals surface area (Å²) in [6.45, 7) is 0. The Kier molecular flexibility index (Phi) is 3.03. The lowest BCUT2D eigenvalue weighted by atomic mass is 9.92. The van der Waals surface area contributed by atoms with Crippen LogP contribution in [0.3, 0.4) is 0 Å². The second-order valence-electron chi connectivity index (χ2n) is 5.62. The van der Waals surface area contributed by atoms with Crippen molar-refractivity contribution in [1.82, 2.24) is 0 Å². The summed E-state index contributed by atoms with van der Waals surface area (Å²) in [5.74, 6) is 0.968. The highest BCUT2D eigenvalue weighted by atomic mass is 35.5. The van der Waals surface area contributed by atoms with Crippen molar-refractivity contribution >= 4 is 23.2 Å². The summed E-state index contributed by atoms with van der Waals surface area (Å²) in [6.07, 6.45) is 1.88. The third-order valence-corrected chi connectivity index (χ3v) is 4.96. The van der Waals surface area contributed by atoms with E-state index in [2.05, 4.69) is 24.3 Å². The van der Waals surface area contributed by atoms with Crippen LogP contribution in [0.4, 0.5) is 0 Å². The quantitative estimate of drug-likeness (QED) is 0.709. The Morgan fingerprint density at radius 3 is 1.50 bits per heavy atom. The van der Waals surface area contributed by atoms with Crippen molar-refractivity contribution in [3.8, 4) is 0 Å². The van der Waals surface area contributed by atoms with Gasteiger partial charge in [-0.3, -0.25) is 0 Å². The highest BCUT2D eigenvalue weighted by Gasteiger charge is 2.56. The van der Waals surface area contributed by atoms with Crippen molar-refractivity contribution in [3.63, 3.8) is 0 Å². The Morgan fingerprint density at radius 1 is 0.700 bits per heavy atom. The van der Waals surface area contributed by atoms with Gasteiger partial charge in [0.15, 0.2) is 0 Å². The van der Waals surface area contributed by atoms with E-state index < -0.39 is 0 Å². The number of benzene rings is 2. The molecule has 102 valence electrons. The van der Waals surface area contributed by atoms with Gasteiger partial charge in [0.05, 0.1) is 12.2 Å². The lowest BCUT2D eigenvalue weighted by Crippen LogP contribution is -2.04. The van der Waals surface area contributed by atoms with Crippen LogP contribution in [-0.4, -0.2) is 12.2 Å². The van der Waals surface area contributed by atoms with Crippen molar-refractivity contribution < 1.29 is 4.74 Å².